The maximum atomic E-state index is 12.7. The molecule has 1 heterocycles. The van der Waals surface area contributed by atoms with E-state index >= 15 is 0 Å². The summed E-state index contributed by atoms with van der Waals surface area (Å²) >= 11 is 0. The molecule has 4 nitrogen and oxygen atoms in total. The minimum absolute atomic E-state index is 0.0713. The number of fused-ring (bicyclic) bond motifs is 1. The molecule has 1 aliphatic rings. The molecule has 0 spiro atoms. The van der Waals surface area contributed by atoms with Gasteiger partial charge in [0, 0.05) is 24.3 Å². The highest BCUT2D eigenvalue weighted by Gasteiger charge is 2.30. The average molecular weight is 412 g/mol. The maximum Gasteiger partial charge on any atom is 0.416 e. The molecular weight excluding hydrogens is 393 g/mol. The number of halogens is 3. The molecule has 154 valence electrons. The summed E-state index contributed by atoms with van der Waals surface area (Å²) in [5.74, 6) is 0.805. The predicted molar refractivity (Wildman–Crippen MR) is 107 cm³/mol. The fraction of sp³-hybridized carbons (Fsp3) is 0.174. The molecule has 4 rings (SSSR count). The minimum atomic E-state index is -4.38. The molecule has 1 amide bonds. The van der Waals surface area contributed by atoms with Crippen LogP contribution in [-0.4, -0.2) is 17.4 Å². The zero-order chi connectivity index (χ0) is 21.3. The second-order valence-electron chi connectivity index (χ2n) is 7.16. The first-order valence-corrected chi connectivity index (χ1v) is 9.41. The molecule has 0 radical (unpaired) electrons. The standard InChI is InChI=1S/C23H19F3N2O2/c24-23(25,26)18-5-8-20(9-6-18)30-21-7-4-17-14-28(11-10-15(17)13-21)22(29)16-2-1-3-19(27)12-16/h1-9,12-13H,10-11,14,27H2. The van der Waals surface area contributed by atoms with Crippen LogP contribution in [-0.2, 0) is 19.1 Å². The predicted octanol–water partition coefficient (Wildman–Crippen LogP) is 5.28. The number of hydrogen-bond acceptors (Lipinski definition) is 3. The van der Waals surface area contributed by atoms with E-state index < -0.39 is 11.7 Å². The number of nitrogen functional groups attached to an aromatic ring is 1. The Kier molecular flexibility index (Phi) is 5.11. The quantitative estimate of drug-likeness (QED) is 0.596. The number of amides is 1. The maximum absolute atomic E-state index is 12.7. The Bertz CT molecular complexity index is 1080. The first-order chi connectivity index (χ1) is 14.3. The second kappa shape index (κ2) is 7.74. The van der Waals surface area contributed by atoms with Crippen LogP contribution in [0.1, 0.15) is 27.0 Å². The molecular formula is C23H19F3N2O2. The van der Waals surface area contributed by atoms with Gasteiger partial charge in [-0.2, -0.15) is 13.2 Å². The number of nitrogens with zero attached hydrogens (tertiary/aromatic N) is 1. The topological polar surface area (TPSA) is 55.6 Å². The van der Waals surface area contributed by atoms with Gasteiger partial charge < -0.3 is 15.4 Å². The summed E-state index contributed by atoms with van der Waals surface area (Å²) < 4.78 is 43.7. The SMILES string of the molecule is Nc1cccc(C(=O)N2CCc3cc(Oc4ccc(C(F)(F)F)cc4)ccc3C2)c1. The van der Waals surface area contributed by atoms with Crippen LogP contribution in [0.2, 0.25) is 0 Å². The molecule has 0 saturated heterocycles. The number of carbonyl (C=O) groups is 1. The molecule has 1 aliphatic heterocycles. The van der Waals surface area contributed by atoms with Gasteiger partial charge in [-0.05, 0) is 72.1 Å². The van der Waals surface area contributed by atoms with Crippen molar-refractivity contribution in [2.75, 3.05) is 12.3 Å². The summed E-state index contributed by atoms with van der Waals surface area (Å²) in [6.07, 6.45) is -3.72. The largest absolute Gasteiger partial charge is 0.457 e. The van der Waals surface area contributed by atoms with E-state index in [0.717, 1.165) is 23.3 Å². The third kappa shape index (κ3) is 4.25. The van der Waals surface area contributed by atoms with E-state index in [-0.39, 0.29) is 5.91 Å². The van der Waals surface area contributed by atoms with Gasteiger partial charge in [0.2, 0.25) is 0 Å². The molecule has 0 saturated carbocycles. The lowest BCUT2D eigenvalue weighted by Crippen LogP contribution is -2.35. The molecule has 0 atom stereocenters. The molecule has 0 bridgehead atoms. The Balaban J connectivity index is 1.46. The van der Waals surface area contributed by atoms with Crippen LogP contribution in [0.5, 0.6) is 11.5 Å². The van der Waals surface area contributed by atoms with Gasteiger partial charge >= 0.3 is 6.18 Å². The molecule has 0 aromatic heterocycles. The van der Waals surface area contributed by atoms with E-state index in [0.29, 0.717) is 42.3 Å². The van der Waals surface area contributed by atoms with E-state index in [1.165, 1.54) is 12.1 Å². The van der Waals surface area contributed by atoms with Crippen molar-refractivity contribution < 1.29 is 22.7 Å². The van der Waals surface area contributed by atoms with Crippen LogP contribution in [0.15, 0.2) is 66.7 Å². The lowest BCUT2D eigenvalue weighted by molar-refractivity contribution is -0.137. The molecule has 7 heteroatoms. The van der Waals surface area contributed by atoms with Crippen LogP contribution in [0.3, 0.4) is 0 Å². The Labute approximate surface area is 171 Å². The summed E-state index contributed by atoms with van der Waals surface area (Å²) in [6.45, 7) is 1.04. The van der Waals surface area contributed by atoms with Gasteiger partial charge in [-0.1, -0.05) is 12.1 Å². The van der Waals surface area contributed by atoms with Gasteiger partial charge in [0.15, 0.2) is 0 Å². The van der Waals surface area contributed by atoms with Crippen molar-refractivity contribution in [2.24, 2.45) is 0 Å². The highest BCUT2D eigenvalue weighted by molar-refractivity contribution is 5.95. The summed E-state index contributed by atoms with van der Waals surface area (Å²) in [7, 11) is 0. The smallest absolute Gasteiger partial charge is 0.416 e. The Morgan fingerprint density at radius 2 is 1.67 bits per heavy atom. The molecule has 0 unspecified atom stereocenters. The zero-order valence-electron chi connectivity index (χ0n) is 15.9. The normalized spacial score (nSPS) is 13.6. The first-order valence-electron chi connectivity index (χ1n) is 9.41. The Morgan fingerprint density at radius 3 is 2.37 bits per heavy atom. The number of alkyl halides is 3. The van der Waals surface area contributed by atoms with E-state index in [1.807, 2.05) is 12.1 Å². The Hall–Kier alpha value is -3.48. The number of carbonyl (C=O) groups excluding carboxylic acids is 1. The average Bonchev–Trinajstić information content (AvgIpc) is 2.72. The van der Waals surface area contributed by atoms with E-state index in [2.05, 4.69) is 0 Å². The number of hydrogen-bond donors (Lipinski definition) is 1. The van der Waals surface area contributed by atoms with Crippen molar-refractivity contribution in [3.05, 3.63) is 89.0 Å². The first kappa shape index (κ1) is 19.8. The number of benzene rings is 3. The van der Waals surface area contributed by atoms with Gasteiger partial charge in [0.25, 0.3) is 5.91 Å². The Morgan fingerprint density at radius 1 is 0.933 bits per heavy atom. The van der Waals surface area contributed by atoms with E-state index in [9.17, 15) is 18.0 Å². The van der Waals surface area contributed by atoms with Gasteiger partial charge in [-0.25, -0.2) is 0 Å². The fourth-order valence-corrected chi connectivity index (χ4v) is 3.47. The molecule has 0 fully saturated rings. The third-order valence-electron chi connectivity index (χ3n) is 5.03. The van der Waals surface area contributed by atoms with E-state index in [1.54, 1.807) is 35.2 Å². The number of ether oxygens (including phenoxy) is 1. The zero-order valence-corrected chi connectivity index (χ0v) is 15.9. The summed E-state index contributed by atoms with van der Waals surface area (Å²) in [4.78, 5) is 14.5. The van der Waals surface area contributed by atoms with Crippen molar-refractivity contribution >= 4 is 11.6 Å². The molecule has 30 heavy (non-hydrogen) atoms. The van der Waals surface area contributed by atoms with Crippen LogP contribution in [0, 0.1) is 0 Å². The second-order valence-corrected chi connectivity index (χ2v) is 7.16. The van der Waals surface area contributed by atoms with Crippen molar-refractivity contribution in [3.8, 4) is 11.5 Å². The number of anilines is 1. The van der Waals surface area contributed by atoms with Crippen LogP contribution in [0.25, 0.3) is 0 Å². The highest BCUT2D eigenvalue weighted by Crippen LogP contribution is 2.32. The summed E-state index contributed by atoms with van der Waals surface area (Å²) in [5, 5.41) is 0. The lowest BCUT2D eigenvalue weighted by Gasteiger charge is -2.29. The van der Waals surface area contributed by atoms with E-state index in [4.69, 9.17) is 10.5 Å². The molecule has 0 aliphatic carbocycles. The van der Waals surface area contributed by atoms with Crippen LogP contribution < -0.4 is 10.5 Å². The van der Waals surface area contributed by atoms with Crippen molar-refractivity contribution in [2.45, 2.75) is 19.1 Å². The highest BCUT2D eigenvalue weighted by atomic mass is 19.4. The third-order valence-corrected chi connectivity index (χ3v) is 5.03. The number of rotatable bonds is 3. The molecule has 2 N–H and O–H groups in total. The van der Waals surface area contributed by atoms with Crippen LogP contribution in [0.4, 0.5) is 18.9 Å². The monoisotopic (exact) mass is 412 g/mol. The summed E-state index contributed by atoms with van der Waals surface area (Å²) in [6, 6.07) is 17.0. The van der Waals surface area contributed by atoms with Crippen LogP contribution >= 0.6 is 0 Å². The van der Waals surface area contributed by atoms with Gasteiger partial charge in [0.05, 0.1) is 5.56 Å². The van der Waals surface area contributed by atoms with Crippen molar-refractivity contribution in [1.82, 2.24) is 4.90 Å². The van der Waals surface area contributed by atoms with Crippen molar-refractivity contribution in [3.63, 3.8) is 0 Å². The summed E-state index contributed by atoms with van der Waals surface area (Å²) in [5.41, 5.74) is 8.22. The lowest BCUT2D eigenvalue weighted by atomic mass is 9.98. The number of nitrogens with two attached hydrogens (primary N) is 1. The van der Waals surface area contributed by atoms with Gasteiger partial charge in [-0.15, -0.1) is 0 Å². The van der Waals surface area contributed by atoms with Crippen molar-refractivity contribution in [1.29, 1.82) is 0 Å². The molecule has 3 aromatic carbocycles. The minimum Gasteiger partial charge on any atom is -0.457 e. The molecule has 3 aromatic rings. The van der Waals surface area contributed by atoms with Gasteiger partial charge in [-0.3, -0.25) is 4.79 Å². The fourth-order valence-electron chi connectivity index (χ4n) is 3.47. The van der Waals surface area contributed by atoms with Gasteiger partial charge in [0.1, 0.15) is 11.5 Å².